The molecule has 0 unspecified atom stereocenters. The van der Waals surface area contributed by atoms with Crippen LogP contribution in [0.5, 0.6) is 0 Å². The topological polar surface area (TPSA) is 64.9 Å². The Hall–Kier alpha value is -2.82. The molecular weight excluding hydrogens is 362 g/mol. The van der Waals surface area contributed by atoms with Crippen molar-refractivity contribution in [2.75, 3.05) is 0 Å². The second kappa shape index (κ2) is 10.6. The summed E-state index contributed by atoms with van der Waals surface area (Å²) in [7, 11) is 0. The maximum absolute atomic E-state index is 10.9. The van der Waals surface area contributed by atoms with Crippen molar-refractivity contribution in [2.24, 2.45) is 4.99 Å². The fraction of sp³-hybridized carbons (Fsp3) is 0.417. The van der Waals surface area contributed by atoms with Crippen LogP contribution in [0.25, 0.3) is 5.70 Å². The molecule has 5 nitrogen and oxygen atoms in total. The molecule has 1 heterocycles. The molecule has 2 rings (SSSR count). The lowest BCUT2D eigenvalue weighted by atomic mass is 10.0. The van der Waals surface area contributed by atoms with Gasteiger partial charge in [0, 0.05) is 24.4 Å². The van der Waals surface area contributed by atoms with E-state index in [4.69, 9.17) is 10.1 Å². The molecule has 0 amide bonds. The van der Waals surface area contributed by atoms with Crippen LogP contribution in [0.2, 0.25) is 0 Å². The number of benzene rings is 1. The molecule has 156 valence electrons. The van der Waals surface area contributed by atoms with E-state index < -0.39 is 5.97 Å². The molecule has 0 atom stereocenters. The molecule has 1 aromatic rings. The number of guanidine groups is 1. The largest absolute Gasteiger partial charge is 0.481 e. The maximum atomic E-state index is 10.9. The average Bonchev–Trinajstić information content (AvgIpc) is 2.66. The Kier molecular flexibility index (Phi) is 8.25. The molecule has 0 fully saturated rings. The molecule has 1 aliphatic rings. The number of aryl methyl sites for hydroxylation is 1. The van der Waals surface area contributed by atoms with Crippen molar-refractivity contribution in [2.45, 2.75) is 66.3 Å². The minimum Gasteiger partial charge on any atom is -0.481 e. The van der Waals surface area contributed by atoms with Crippen molar-refractivity contribution in [3.63, 3.8) is 0 Å². The summed E-state index contributed by atoms with van der Waals surface area (Å²) in [6.07, 6.45) is 9.20. The number of hydrogen-bond donors (Lipinski definition) is 2. The Labute approximate surface area is 174 Å². The van der Waals surface area contributed by atoms with Crippen molar-refractivity contribution < 1.29 is 9.90 Å². The molecule has 0 aliphatic carbocycles. The quantitative estimate of drug-likeness (QED) is 0.625. The molecule has 29 heavy (non-hydrogen) atoms. The van der Waals surface area contributed by atoms with Crippen LogP contribution in [-0.2, 0) is 11.2 Å². The highest BCUT2D eigenvalue weighted by molar-refractivity contribution is 5.95. The van der Waals surface area contributed by atoms with Gasteiger partial charge in [0.2, 0.25) is 5.96 Å². The second-order valence-corrected chi connectivity index (χ2v) is 7.82. The third-order valence-electron chi connectivity index (χ3n) is 4.32. The van der Waals surface area contributed by atoms with E-state index in [0.29, 0.717) is 6.42 Å². The highest BCUT2D eigenvalue weighted by Gasteiger charge is 2.21. The summed E-state index contributed by atoms with van der Waals surface area (Å²) in [6.45, 7) is 10.5. The van der Waals surface area contributed by atoms with Crippen molar-refractivity contribution in [3.8, 4) is 0 Å². The summed E-state index contributed by atoms with van der Waals surface area (Å²) >= 11 is 0. The normalized spacial score (nSPS) is 16.8. The molecule has 1 aliphatic heterocycles. The zero-order valence-electron chi connectivity index (χ0n) is 18.2. The van der Waals surface area contributed by atoms with Crippen LogP contribution in [0.3, 0.4) is 0 Å². The number of aliphatic imine (C=N–C) groups is 1. The van der Waals surface area contributed by atoms with Crippen molar-refractivity contribution >= 4 is 17.6 Å². The molecule has 0 bridgehead atoms. The molecule has 0 saturated carbocycles. The zero-order valence-corrected chi connectivity index (χ0v) is 18.2. The summed E-state index contributed by atoms with van der Waals surface area (Å²) in [6, 6.07) is 8.21. The van der Waals surface area contributed by atoms with Crippen molar-refractivity contribution in [1.82, 2.24) is 10.2 Å². The smallest absolute Gasteiger partial charge is 0.303 e. The maximum Gasteiger partial charge on any atom is 0.303 e. The summed E-state index contributed by atoms with van der Waals surface area (Å²) < 4.78 is 0. The molecular formula is C24H33N3O2. The monoisotopic (exact) mass is 395 g/mol. The van der Waals surface area contributed by atoms with E-state index >= 15 is 0 Å². The summed E-state index contributed by atoms with van der Waals surface area (Å²) in [5.41, 5.74) is 5.31. The Balaban J connectivity index is 2.48. The van der Waals surface area contributed by atoms with Gasteiger partial charge >= 0.3 is 5.97 Å². The van der Waals surface area contributed by atoms with Gasteiger partial charge in [0.05, 0.1) is 5.70 Å². The highest BCUT2D eigenvalue weighted by atomic mass is 16.4. The van der Waals surface area contributed by atoms with Gasteiger partial charge < -0.3 is 10.4 Å². The van der Waals surface area contributed by atoms with Crippen molar-refractivity contribution in [1.29, 1.82) is 0 Å². The van der Waals surface area contributed by atoms with Crippen LogP contribution in [0.4, 0.5) is 0 Å². The van der Waals surface area contributed by atoms with E-state index in [1.165, 1.54) is 5.57 Å². The molecule has 5 heteroatoms. The van der Waals surface area contributed by atoms with Gasteiger partial charge in [0.1, 0.15) is 0 Å². The molecule has 1 aromatic carbocycles. The lowest BCUT2D eigenvalue weighted by molar-refractivity contribution is -0.136. The second-order valence-electron chi connectivity index (χ2n) is 7.82. The summed E-state index contributed by atoms with van der Waals surface area (Å²) in [5, 5.41) is 12.5. The number of carboxylic acids is 1. The summed E-state index contributed by atoms with van der Waals surface area (Å²) in [4.78, 5) is 17.8. The number of unbranched alkanes of at least 4 members (excludes halogenated alkanes) is 1. The van der Waals surface area contributed by atoms with E-state index in [0.717, 1.165) is 41.3 Å². The standard InChI is InChI=1S/C24H33N3O2/c1-6-7-11-21-15-22(20-10-8-9-19(14-20)12-13-23(28)29)26-24(25-18(4)5)27(21)16-17(2)3/h8-11,14-16,18H,6-7,12-13H2,1-5H3,(H,25,26)(H,28,29)/b21-11+. The van der Waals surface area contributed by atoms with E-state index in [1.807, 2.05) is 18.2 Å². The third kappa shape index (κ3) is 6.93. The molecule has 0 saturated heterocycles. The molecule has 0 radical (unpaired) electrons. The van der Waals surface area contributed by atoms with Crippen molar-refractivity contribution in [3.05, 3.63) is 65.0 Å². The number of nitrogens with one attached hydrogen (secondary N) is 1. The van der Waals surface area contributed by atoms with Crippen LogP contribution in [0, 0.1) is 0 Å². The first-order chi connectivity index (χ1) is 13.8. The van der Waals surface area contributed by atoms with Gasteiger partial charge in [0.25, 0.3) is 0 Å². The lowest BCUT2D eigenvalue weighted by Gasteiger charge is -2.31. The Morgan fingerprint density at radius 1 is 1.31 bits per heavy atom. The van der Waals surface area contributed by atoms with Crippen LogP contribution < -0.4 is 5.32 Å². The number of carbonyl (C=O) groups is 1. The minimum atomic E-state index is -0.779. The Bertz CT molecular complexity index is 843. The fourth-order valence-electron chi connectivity index (χ4n) is 3.04. The number of nitrogens with zero attached hydrogens (tertiary/aromatic N) is 2. The van der Waals surface area contributed by atoms with Gasteiger partial charge in [-0.05, 0) is 63.8 Å². The number of aliphatic carboxylic acids is 1. The number of rotatable bonds is 8. The van der Waals surface area contributed by atoms with Crippen LogP contribution in [0.1, 0.15) is 65.0 Å². The average molecular weight is 396 g/mol. The predicted molar refractivity (Wildman–Crippen MR) is 120 cm³/mol. The van der Waals surface area contributed by atoms with Gasteiger partial charge in [-0.3, -0.25) is 9.69 Å². The number of hydrogen-bond acceptors (Lipinski definition) is 2. The first-order valence-corrected chi connectivity index (χ1v) is 10.3. The van der Waals surface area contributed by atoms with Gasteiger partial charge in [-0.2, -0.15) is 0 Å². The lowest BCUT2D eigenvalue weighted by Crippen LogP contribution is -2.41. The fourth-order valence-corrected chi connectivity index (χ4v) is 3.04. The Morgan fingerprint density at radius 3 is 2.69 bits per heavy atom. The van der Waals surface area contributed by atoms with Crippen LogP contribution in [0.15, 0.2) is 58.9 Å². The molecule has 2 N–H and O–H groups in total. The SMILES string of the molecule is CCC/C=C1\C=C(c2cccc(CCC(=O)O)c2)NC(=NC(C)C)N1C=C(C)C. The zero-order chi connectivity index (χ0) is 21.4. The van der Waals surface area contributed by atoms with Gasteiger partial charge in [-0.15, -0.1) is 0 Å². The third-order valence-corrected chi connectivity index (χ3v) is 4.32. The van der Waals surface area contributed by atoms with Gasteiger partial charge in [0.15, 0.2) is 0 Å². The number of carboxylic acid groups (broad SMARTS) is 1. The predicted octanol–water partition coefficient (Wildman–Crippen LogP) is 5.32. The summed E-state index contributed by atoms with van der Waals surface area (Å²) in [5.74, 6) is 0.0240. The van der Waals surface area contributed by atoms with Gasteiger partial charge in [-0.1, -0.05) is 43.2 Å². The van der Waals surface area contributed by atoms with E-state index in [9.17, 15) is 4.79 Å². The van der Waals surface area contributed by atoms with E-state index in [1.54, 1.807) is 0 Å². The minimum absolute atomic E-state index is 0.131. The first-order valence-electron chi connectivity index (χ1n) is 10.3. The van der Waals surface area contributed by atoms with Gasteiger partial charge in [-0.25, -0.2) is 4.99 Å². The molecule has 0 aromatic heterocycles. The van der Waals surface area contributed by atoms with E-state index in [-0.39, 0.29) is 12.5 Å². The Morgan fingerprint density at radius 2 is 2.07 bits per heavy atom. The van der Waals surface area contributed by atoms with E-state index in [2.05, 4.69) is 69.3 Å². The first kappa shape index (κ1) is 22.5. The highest BCUT2D eigenvalue weighted by Crippen LogP contribution is 2.25. The van der Waals surface area contributed by atoms with Crippen LogP contribution >= 0.6 is 0 Å². The number of allylic oxidation sites excluding steroid dienone is 3. The van der Waals surface area contributed by atoms with Crippen LogP contribution in [-0.4, -0.2) is 28.0 Å². The molecule has 0 spiro atoms.